The molecule has 120 valence electrons. The Labute approximate surface area is 133 Å². The largest absolute Gasteiger partial charge is 0.391 e. The van der Waals surface area contributed by atoms with E-state index in [2.05, 4.69) is 5.32 Å². The molecule has 1 amide bonds. The zero-order chi connectivity index (χ0) is 16.7. The van der Waals surface area contributed by atoms with Crippen molar-refractivity contribution in [3.8, 4) is 0 Å². The summed E-state index contributed by atoms with van der Waals surface area (Å²) in [6, 6.07) is 15.4. The molecule has 0 radical (unpaired) electrons. The highest BCUT2D eigenvalue weighted by molar-refractivity contribution is 5.78. The number of benzene rings is 2. The van der Waals surface area contributed by atoms with E-state index in [0.717, 1.165) is 5.56 Å². The quantitative estimate of drug-likeness (QED) is 0.602. The predicted octanol–water partition coefficient (Wildman–Crippen LogP) is 1.86. The first-order valence-electron chi connectivity index (χ1n) is 7.26. The minimum Gasteiger partial charge on any atom is -0.391 e. The van der Waals surface area contributed by atoms with Gasteiger partial charge in [0.25, 0.3) is 5.69 Å². The molecule has 0 aromatic heterocycles. The van der Waals surface area contributed by atoms with Crippen molar-refractivity contribution < 1.29 is 14.8 Å². The summed E-state index contributed by atoms with van der Waals surface area (Å²) in [6.45, 7) is 0.167. The Balaban J connectivity index is 1.77. The van der Waals surface area contributed by atoms with Crippen LogP contribution in [0.4, 0.5) is 5.69 Å². The number of non-ortho nitro benzene ring substituents is 1. The van der Waals surface area contributed by atoms with Gasteiger partial charge in [0, 0.05) is 25.1 Å². The number of amides is 1. The van der Waals surface area contributed by atoms with E-state index in [9.17, 15) is 20.0 Å². The van der Waals surface area contributed by atoms with Crippen molar-refractivity contribution in [2.75, 3.05) is 6.54 Å². The molecule has 0 saturated heterocycles. The third kappa shape index (κ3) is 5.52. The second-order valence-corrected chi connectivity index (χ2v) is 5.25. The van der Waals surface area contributed by atoms with Crippen molar-refractivity contribution in [1.29, 1.82) is 0 Å². The van der Waals surface area contributed by atoms with Crippen LogP contribution in [-0.4, -0.2) is 28.6 Å². The summed E-state index contributed by atoms with van der Waals surface area (Å²) in [5, 5.41) is 23.2. The smallest absolute Gasteiger partial charge is 0.269 e. The van der Waals surface area contributed by atoms with Crippen molar-refractivity contribution in [2.24, 2.45) is 0 Å². The lowest BCUT2D eigenvalue weighted by atomic mass is 10.1. The lowest BCUT2D eigenvalue weighted by Gasteiger charge is -2.12. The molecule has 6 heteroatoms. The van der Waals surface area contributed by atoms with Crippen LogP contribution in [0.3, 0.4) is 0 Å². The zero-order valence-corrected chi connectivity index (χ0v) is 12.5. The summed E-state index contributed by atoms with van der Waals surface area (Å²) in [7, 11) is 0. The molecule has 6 nitrogen and oxygen atoms in total. The average Bonchev–Trinajstić information content (AvgIpc) is 2.54. The standard InChI is InChI=1S/C17H18N2O4/c20-16(10-13-4-2-1-3-5-13)12-18-17(21)11-14-6-8-15(9-7-14)19(22)23/h1-9,16,20H,10-12H2,(H,18,21). The van der Waals surface area contributed by atoms with Crippen molar-refractivity contribution in [3.63, 3.8) is 0 Å². The van der Waals surface area contributed by atoms with Gasteiger partial charge in [-0.1, -0.05) is 42.5 Å². The van der Waals surface area contributed by atoms with Gasteiger partial charge in [-0.3, -0.25) is 14.9 Å². The van der Waals surface area contributed by atoms with Gasteiger partial charge >= 0.3 is 0 Å². The lowest BCUT2D eigenvalue weighted by Crippen LogP contribution is -2.34. The lowest BCUT2D eigenvalue weighted by molar-refractivity contribution is -0.384. The number of nitrogens with one attached hydrogen (secondary N) is 1. The van der Waals surface area contributed by atoms with Gasteiger partial charge in [-0.05, 0) is 11.1 Å². The Morgan fingerprint density at radius 2 is 1.74 bits per heavy atom. The highest BCUT2D eigenvalue weighted by Crippen LogP contribution is 2.12. The van der Waals surface area contributed by atoms with E-state index in [4.69, 9.17) is 0 Å². The van der Waals surface area contributed by atoms with Gasteiger partial charge in [0.15, 0.2) is 0 Å². The van der Waals surface area contributed by atoms with E-state index in [-0.39, 0.29) is 24.6 Å². The Morgan fingerprint density at radius 1 is 1.09 bits per heavy atom. The van der Waals surface area contributed by atoms with Crippen LogP contribution < -0.4 is 5.32 Å². The molecule has 0 fully saturated rings. The van der Waals surface area contributed by atoms with Crippen LogP contribution in [0.15, 0.2) is 54.6 Å². The Morgan fingerprint density at radius 3 is 2.35 bits per heavy atom. The number of hydrogen-bond acceptors (Lipinski definition) is 4. The SMILES string of the molecule is O=C(Cc1ccc([N+](=O)[O-])cc1)NCC(O)Cc1ccccc1. The fourth-order valence-corrected chi connectivity index (χ4v) is 2.17. The van der Waals surface area contributed by atoms with E-state index in [1.165, 1.54) is 12.1 Å². The third-order valence-corrected chi connectivity index (χ3v) is 3.36. The first kappa shape index (κ1) is 16.6. The highest BCUT2D eigenvalue weighted by Gasteiger charge is 2.10. The van der Waals surface area contributed by atoms with Crippen LogP contribution in [0.1, 0.15) is 11.1 Å². The summed E-state index contributed by atoms with van der Waals surface area (Å²) in [6.07, 6.45) is -0.0625. The van der Waals surface area contributed by atoms with Crippen LogP contribution >= 0.6 is 0 Å². The van der Waals surface area contributed by atoms with Crippen molar-refractivity contribution in [1.82, 2.24) is 5.32 Å². The van der Waals surface area contributed by atoms with Gasteiger partial charge in [0.05, 0.1) is 17.4 Å². The van der Waals surface area contributed by atoms with Crippen molar-refractivity contribution in [2.45, 2.75) is 18.9 Å². The second kappa shape index (κ2) is 8.05. The van der Waals surface area contributed by atoms with E-state index < -0.39 is 11.0 Å². The Kier molecular flexibility index (Phi) is 5.82. The van der Waals surface area contributed by atoms with Crippen LogP contribution in [-0.2, 0) is 17.6 Å². The summed E-state index contributed by atoms with van der Waals surface area (Å²) in [5.41, 5.74) is 1.68. The first-order chi connectivity index (χ1) is 11.0. The molecular weight excluding hydrogens is 296 g/mol. The molecular formula is C17H18N2O4. The third-order valence-electron chi connectivity index (χ3n) is 3.36. The molecule has 1 unspecified atom stereocenters. The van der Waals surface area contributed by atoms with Gasteiger partial charge < -0.3 is 10.4 Å². The second-order valence-electron chi connectivity index (χ2n) is 5.25. The summed E-state index contributed by atoms with van der Waals surface area (Å²) >= 11 is 0. The molecule has 2 rings (SSSR count). The van der Waals surface area contributed by atoms with Gasteiger partial charge in [0.1, 0.15) is 0 Å². The highest BCUT2D eigenvalue weighted by atomic mass is 16.6. The summed E-state index contributed by atoms with van der Waals surface area (Å²) in [4.78, 5) is 21.9. The minimum absolute atomic E-state index is 0.00700. The molecule has 0 saturated carbocycles. The molecule has 0 bridgehead atoms. The molecule has 2 aromatic carbocycles. The van der Waals surface area contributed by atoms with Gasteiger partial charge in [-0.15, -0.1) is 0 Å². The molecule has 23 heavy (non-hydrogen) atoms. The number of carbonyl (C=O) groups excluding carboxylic acids is 1. The first-order valence-corrected chi connectivity index (χ1v) is 7.26. The number of carbonyl (C=O) groups is 1. The van der Waals surface area contributed by atoms with Gasteiger partial charge in [-0.2, -0.15) is 0 Å². The van der Waals surface area contributed by atoms with Crippen LogP contribution in [0.2, 0.25) is 0 Å². The van der Waals surface area contributed by atoms with E-state index in [1.807, 2.05) is 30.3 Å². The van der Waals surface area contributed by atoms with Crippen LogP contribution in [0.25, 0.3) is 0 Å². The number of aliphatic hydroxyl groups excluding tert-OH is 1. The maximum atomic E-state index is 11.8. The Hall–Kier alpha value is -2.73. The van der Waals surface area contributed by atoms with E-state index in [0.29, 0.717) is 12.0 Å². The molecule has 2 aromatic rings. The maximum absolute atomic E-state index is 11.8. The van der Waals surface area contributed by atoms with E-state index >= 15 is 0 Å². The molecule has 0 spiro atoms. The number of rotatable bonds is 7. The summed E-state index contributed by atoms with van der Waals surface area (Å²) < 4.78 is 0. The summed E-state index contributed by atoms with van der Waals surface area (Å²) in [5.74, 6) is -0.231. The van der Waals surface area contributed by atoms with Gasteiger partial charge in [0.2, 0.25) is 5.91 Å². The fraction of sp³-hybridized carbons (Fsp3) is 0.235. The molecule has 1 atom stereocenters. The van der Waals surface area contributed by atoms with Crippen LogP contribution in [0.5, 0.6) is 0 Å². The van der Waals surface area contributed by atoms with Crippen molar-refractivity contribution >= 4 is 11.6 Å². The average molecular weight is 314 g/mol. The topological polar surface area (TPSA) is 92.5 Å². The maximum Gasteiger partial charge on any atom is 0.269 e. The Bertz CT molecular complexity index is 656. The molecule has 0 aliphatic rings. The van der Waals surface area contributed by atoms with Crippen LogP contribution in [0, 0.1) is 10.1 Å². The number of nitro groups is 1. The normalized spacial score (nSPS) is 11.7. The number of nitrogens with zero attached hydrogens (tertiary/aromatic N) is 1. The monoisotopic (exact) mass is 314 g/mol. The fourth-order valence-electron chi connectivity index (χ4n) is 2.17. The molecule has 0 aliphatic heterocycles. The molecule has 2 N–H and O–H groups in total. The minimum atomic E-state index is -0.654. The number of hydrogen-bond donors (Lipinski definition) is 2. The zero-order valence-electron chi connectivity index (χ0n) is 12.5. The van der Waals surface area contributed by atoms with E-state index in [1.54, 1.807) is 12.1 Å². The number of nitro benzene ring substituents is 1. The number of aliphatic hydroxyl groups is 1. The van der Waals surface area contributed by atoms with Crippen molar-refractivity contribution in [3.05, 3.63) is 75.8 Å². The molecule has 0 heterocycles. The van der Waals surface area contributed by atoms with Gasteiger partial charge in [-0.25, -0.2) is 0 Å². The molecule has 0 aliphatic carbocycles. The predicted molar refractivity (Wildman–Crippen MR) is 86.0 cm³/mol.